The van der Waals surface area contributed by atoms with Gasteiger partial charge in [-0.15, -0.1) is 0 Å². The molecule has 1 heterocycles. The third-order valence-corrected chi connectivity index (χ3v) is 3.79. The van der Waals surface area contributed by atoms with Gasteiger partial charge in [-0.2, -0.15) is 0 Å². The second kappa shape index (κ2) is 6.07. The summed E-state index contributed by atoms with van der Waals surface area (Å²) in [6.45, 7) is 14.0. The standard InChI is InChI=1S/C14H28N2O2Si/c1-14(2,3)18-13(17)16-9-7-12(8-10-16)11-15-19(4,5)6/h11-12H,7-10H2,1-6H3. The highest BCUT2D eigenvalue weighted by Gasteiger charge is 2.26. The number of carbonyl (C=O) groups is 1. The Morgan fingerprint density at radius 1 is 1.26 bits per heavy atom. The minimum absolute atomic E-state index is 0.187. The molecule has 0 bridgehead atoms. The first kappa shape index (κ1) is 16.2. The van der Waals surface area contributed by atoms with Gasteiger partial charge in [-0.05, 0) is 65.4 Å². The molecular weight excluding hydrogens is 256 g/mol. The molecule has 1 aliphatic rings. The van der Waals surface area contributed by atoms with Crippen molar-refractivity contribution in [3.05, 3.63) is 0 Å². The number of ether oxygens (including phenoxy) is 1. The molecule has 0 aromatic carbocycles. The number of amides is 1. The van der Waals surface area contributed by atoms with Gasteiger partial charge >= 0.3 is 6.09 Å². The van der Waals surface area contributed by atoms with Gasteiger partial charge in [0.2, 0.25) is 0 Å². The molecule has 1 fully saturated rings. The van der Waals surface area contributed by atoms with Crippen LogP contribution in [0.15, 0.2) is 4.66 Å². The van der Waals surface area contributed by atoms with Crippen LogP contribution in [-0.4, -0.2) is 44.1 Å². The Morgan fingerprint density at radius 2 is 1.79 bits per heavy atom. The van der Waals surface area contributed by atoms with Crippen LogP contribution >= 0.6 is 0 Å². The molecule has 1 amide bonds. The fourth-order valence-electron chi connectivity index (χ4n) is 1.89. The molecule has 0 radical (unpaired) electrons. The van der Waals surface area contributed by atoms with E-state index in [9.17, 15) is 4.79 Å². The van der Waals surface area contributed by atoms with Crippen molar-refractivity contribution in [1.82, 2.24) is 4.90 Å². The summed E-state index contributed by atoms with van der Waals surface area (Å²) < 4.78 is 10.1. The van der Waals surface area contributed by atoms with E-state index in [0.717, 1.165) is 25.9 Å². The van der Waals surface area contributed by atoms with E-state index < -0.39 is 13.8 Å². The fourth-order valence-corrected chi connectivity index (χ4v) is 2.54. The van der Waals surface area contributed by atoms with Crippen LogP contribution in [0.4, 0.5) is 4.79 Å². The highest BCUT2D eigenvalue weighted by atomic mass is 28.3. The maximum Gasteiger partial charge on any atom is 0.410 e. The Morgan fingerprint density at radius 3 is 2.21 bits per heavy atom. The first-order valence-corrected chi connectivity index (χ1v) is 10.5. The Labute approximate surface area is 118 Å². The first-order valence-electron chi connectivity index (χ1n) is 7.10. The predicted octanol–water partition coefficient (Wildman–Crippen LogP) is 3.54. The van der Waals surface area contributed by atoms with Crippen LogP contribution in [-0.2, 0) is 4.74 Å². The summed E-state index contributed by atoms with van der Waals surface area (Å²) in [5, 5.41) is 0. The van der Waals surface area contributed by atoms with Crippen LogP contribution in [0.2, 0.25) is 19.6 Å². The lowest BCUT2D eigenvalue weighted by molar-refractivity contribution is 0.0203. The van der Waals surface area contributed by atoms with Crippen molar-refractivity contribution in [2.24, 2.45) is 10.6 Å². The van der Waals surface area contributed by atoms with Crippen molar-refractivity contribution in [3.8, 4) is 0 Å². The van der Waals surface area contributed by atoms with Crippen LogP contribution in [0, 0.1) is 5.92 Å². The van der Waals surface area contributed by atoms with Crippen molar-refractivity contribution in [3.63, 3.8) is 0 Å². The van der Waals surface area contributed by atoms with E-state index in [2.05, 4.69) is 30.5 Å². The molecule has 1 aliphatic heterocycles. The van der Waals surface area contributed by atoms with E-state index in [0.29, 0.717) is 5.92 Å². The maximum atomic E-state index is 11.9. The lowest BCUT2D eigenvalue weighted by Gasteiger charge is -2.32. The summed E-state index contributed by atoms with van der Waals surface area (Å²) in [6, 6.07) is 0. The van der Waals surface area contributed by atoms with Gasteiger partial charge in [-0.1, -0.05) is 0 Å². The van der Waals surface area contributed by atoms with Gasteiger partial charge < -0.3 is 14.3 Å². The number of carbonyl (C=O) groups excluding carboxylic acids is 1. The normalized spacial score (nSPS) is 18.9. The molecule has 110 valence electrons. The molecule has 0 aromatic rings. The van der Waals surface area contributed by atoms with Crippen LogP contribution in [0.5, 0.6) is 0 Å². The van der Waals surface area contributed by atoms with E-state index in [1.807, 2.05) is 25.7 Å². The average Bonchev–Trinajstić information content (AvgIpc) is 2.23. The molecule has 0 spiro atoms. The van der Waals surface area contributed by atoms with Crippen LogP contribution < -0.4 is 0 Å². The largest absolute Gasteiger partial charge is 0.444 e. The Kier molecular flexibility index (Phi) is 5.18. The molecule has 0 N–H and O–H groups in total. The maximum absolute atomic E-state index is 11.9. The number of rotatable bonds is 2. The number of hydrogen-bond acceptors (Lipinski definition) is 3. The van der Waals surface area contributed by atoms with E-state index in [1.165, 1.54) is 0 Å². The zero-order valence-electron chi connectivity index (χ0n) is 13.2. The van der Waals surface area contributed by atoms with Gasteiger partial charge in [0, 0.05) is 13.1 Å². The zero-order chi connectivity index (χ0) is 14.7. The van der Waals surface area contributed by atoms with Crippen molar-refractivity contribution < 1.29 is 9.53 Å². The number of nitrogens with zero attached hydrogens (tertiary/aromatic N) is 2. The summed E-state index contributed by atoms with van der Waals surface area (Å²) >= 11 is 0. The number of piperidine rings is 1. The smallest absolute Gasteiger partial charge is 0.410 e. The van der Waals surface area contributed by atoms with Gasteiger partial charge in [-0.3, -0.25) is 0 Å². The second-order valence-electron chi connectivity index (χ2n) is 7.25. The minimum atomic E-state index is -1.35. The SMILES string of the molecule is CC(C)(C)OC(=O)N1CCC(C=N[Si](C)(C)C)CC1. The predicted molar refractivity (Wildman–Crippen MR) is 82.4 cm³/mol. The molecular formula is C14H28N2O2Si. The van der Waals surface area contributed by atoms with Gasteiger partial charge in [0.15, 0.2) is 8.24 Å². The highest BCUT2D eigenvalue weighted by molar-refractivity contribution is 6.75. The average molecular weight is 284 g/mol. The molecule has 0 unspecified atom stereocenters. The quantitative estimate of drug-likeness (QED) is 0.575. The van der Waals surface area contributed by atoms with Crippen LogP contribution in [0.3, 0.4) is 0 Å². The summed E-state index contributed by atoms with van der Waals surface area (Å²) in [5.74, 6) is 0.519. The van der Waals surface area contributed by atoms with E-state index >= 15 is 0 Å². The van der Waals surface area contributed by atoms with Gasteiger partial charge in [0.05, 0.1) is 0 Å². The van der Waals surface area contributed by atoms with Gasteiger partial charge in [0.25, 0.3) is 0 Å². The molecule has 0 aromatic heterocycles. The number of hydrogen-bond donors (Lipinski definition) is 0. The third kappa shape index (κ3) is 6.75. The van der Waals surface area contributed by atoms with Crippen LogP contribution in [0.1, 0.15) is 33.6 Å². The molecule has 5 heteroatoms. The monoisotopic (exact) mass is 284 g/mol. The van der Waals surface area contributed by atoms with Gasteiger partial charge in [-0.25, -0.2) is 4.79 Å². The van der Waals surface area contributed by atoms with E-state index in [-0.39, 0.29) is 6.09 Å². The lowest BCUT2D eigenvalue weighted by atomic mass is 9.99. The summed E-state index contributed by atoms with van der Waals surface area (Å²) in [6.07, 6.45) is 3.92. The first-order chi connectivity index (χ1) is 8.57. The van der Waals surface area contributed by atoms with Crippen molar-refractivity contribution >= 4 is 20.5 Å². The fraction of sp³-hybridized carbons (Fsp3) is 0.857. The van der Waals surface area contributed by atoms with Crippen molar-refractivity contribution in [2.75, 3.05) is 13.1 Å². The zero-order valence-corrected chi connectivity index (χ0v) is 14.2. The molecule has 1 saturated heterocycles. The topological polar surface area (TPSA) is 41.9 Å². The Balaban J connectivity index is 2.41. The summed E-state index contributed by atoms with van der Waals surface area (Å²) in [4.78, 5) is 13.7. The lowest BCUT2D eigenvalue weighted by Crippen LogP contribution is -2.42. The third-order valence-electron chi connectivity index (χ3n) is 2.86. The molecule has 4 nitrogen and oxygen atoms in total. The van der Waals surface area contributed by atoms with Crippen LogP contribution in [0.25, 0.3) is 0 Å². The van der Waals surface area contributed by atoms with Gasteiger partial charge in [0.1, 0.15) is 5.60 Å². The second-order valence-corrected chi connectivity index (χ2v) is 11.9. The number of likely N-dealkylation sites (tertiary alicyclic amines) is 1. The molecule has 1 rings (SSSR count). The summed E-state index contributed by atoms with van der Waals surface area (Å²) in [7, 11) is -1.35. The molecule has 19 heavy (non-hydrogen) atoms. The molecule has 0 saturated carbocycles. The minimum Gasteiger partial charge on any atom is -0.444 e. The highest BCUT2D eigenvalue weighted by Crippen LogP contribution is 2.19. The summed E-state index contributed by atoms with van der Waals surface area (Å²) in [5.41, 5.74) is -0.409. The van der Waals surface area contributed by atoms with Crippen molar-refractivity contribution in [2.45, 2.75) is 58.9 Å². The Hall–Kier alpha value is -0.843. The van der Waals surface area contributed by atoms with E-state index in [4.69, 9.17) is 4.74 Å². The van der Waals surface area contributed by atoms with Crippen molar-refractivity contribution in [1.29, 1.82) is 0 Å². The van der Waals surface area contributed by atoms with E-state index in [1.54, 1.807) is 0 Å². The molecule has 0 atom stereocenters. The molecule has 0 aliphatic carbocycles. The Bertz CT molecular complexity index is 334.